The van der Waals surface area contributed by atoms with Crippen LogP contribution >= 0.6 is 0 Å². The lowest BCUT2D eigenvalue weighted by Gasteiger charge is -2.31. The number of hydrogen-bond acceptors (Lipinski definition) is 3. The fraction of sp³-hybridized carbons (Fsp3) is 0.941. The van der Waals surface area contributed by atoms with Crippen molar-refractivity contribution in [3.8, 4) is 0 Å². The molecule has 1 saturated carbocycles. The normalized spacial score (nSPS) is 28.2. The summed E-state index contributed by atoms with van der Waals surface area (Å²) in [6.07, 6.45) is -0.510. The molecule has 0 radical (unpaired) electrons. The van der Waals surface area contributed by atoms with E-state index in [4.69, 9.17) is 9.47 Å². The van der Waals surface area contributed by atoms with Gasteiger partial charge < -0.3 is 20.1 Å². The molecule has 1 aliphatic heterocycles. The van der Waals surface area contributed by atoms with Crippen molar-refractivity contribution in [3.63, 3.8) is 0 Å². The molecule has 0 spiro atoms. The second kappa shape index (κ2) is 10.2. The zero-order chi connectivity index (χ0) is 18.1. The van der Waals surface area contributed by atoms with Gasteiger partial charge in [0, 0.05) is 38.8 Å². The molecule has 0 aromatic carbocycles. The van der Waals surface area contributed by atoms with Gasteiger partial charge in [0.15, 0.2) is 5.96 Å². The Balaban J connectivity index is 1.58. The molecule has 2 fully saturated rings. The molecule has 2 N–H and O–H groups in total. The fourth-order valence-electron chi connectivity index (χ4n) is 3.35. The molecule has 5 nitrogen and oxygen atoms in total. The standard InChI is InChI=1S/C17H30F3N3O2/c1-21-16(22-7-3-8-24-11-13-6-9-25-12-13)23-15-5-2-4-14(10-15)17(18,19)20/h13-15H,2-12H2,1H3,(H2,21,22,23). The molecule has 25 heavy (non-hydrogen) atoms. The average Bonchev–Trinajstić information content (AvgIpc) is 3.09. The molecular weight excluding hydrogens is 335 g/mol. The highest BCUT2D eigenvalue weighted by Gasteiger charge is 2.42. The van der Waals surface area contributed by atoms with Gasteiger partial charge in [-0.05, 0) is 32.1 Å². The lowest BCUT2D eigenvalue weighted by Crippen LogP contribution is -2.47. The number of alkyl halides is 3. The summed E-state index contributed by atoms with van der Waals surface area (Å²) in [5.41, 5.74) is 0. The van der Waals surface area contributed by atoms with Crippen LogP contribution in [0, 0.1) is 11.8 Å². The van der Waals surface area contributed by atoms with Gasteiger partial charge in [-0.1, -0.05) is 6.42 Å². The van der Waals surface area contributed by atoms with E-state index in [2.05, 4.69) is 15.6 Å². The number of nitrogens with one attached hydrogen (secondary N) is 2. The van der Waals surface area contributed by atoms with Crippen LogP contribution in [0.1, 0.15) is 38.5 Å². The summed E-state index contributed by atoms with van der Waals surface area (Å²) in [5, 5.41) is 6.28. The number of rotatable bonds is 7. The minimum absolute atomic E-state index is 0.122. The zero-order valence-electron chi connectivity index (χ0n) is 14.9. The molecule has 1 heterocycles. The van der Waals surface area contributed by atoms with Crippen molar-refractivity contribution >= 4 is 5.96 Å². The van der Waals surface area contributed by atoms with Crippen molar-refractivity contribution in [2.45, 2.75) is 50.7 Å². The molecule has 146 valence electrons. The number of nitrogens with zero attached hydrogens (tertiary/aromatic N) is 1. The SMILES string of the molecule is CN=C(NCCCOCC1CCOC1)NC1CCCC(C(F)(F)F)C1. The highest BCUT2D eigenvalue weighted by atomic mass is 19.4. The van der Waals surface area contributed by atoms with Crippen LogP contribution in [0.15, 0.2) is 4.99 Å². The maximum Gasteiger partial charge on any atom is 0.391 e. The highest BCUT2D eigenvalue weighted by Crippen LogP contribution is 2.37. The summed E-state index contributed by atoms with van der Waals surface area (Å²) in [6.45, 7) is 3.67. The first kappa shape index (κ1) is 20.3. The quantitative estimate of drug-likeness (QED) is 0.414. The Morgan fingerprint density at radius 1 is 1.28 bits per heavy atom. The van der Waals surface area contributed by atoms with Gasteiger partial charge in [0.1, 0.15) is 0 Å². The largest absolute Gasteiger partial charge is 0.391 e. The van der Waals surface area contributed by atoms with E-state index in [-0.39, 0.29) is 18.9 Å². The molecule has 0 aromatic rings. The third kappa shape index (κ3) is 7.40. The van der Waals surface area contributed by atoms with E-state index < -0.39 is 12.1 Å². The number of ether oxygens (including phenoxy) is 2. The summed E-state index contributed by atoms with van der Waals surface area (Å²) < 4.78 is 49.5. The predicted molar refractivity (Wildman–Crippen MR) is 90.7 cm³/mol. The van der Waals surface area contributed by atoms with E-state index in [0.717, 1.165) is 39.1 Å². The number of aliphatic imine (C=N–C) groups is 1. The Morgan fingerprint density at radius 3 is 2.80 bits per heavy atom. The first-order valence-corrected chi connectivity index (χ1v) is 9.18. The van der Waals surface area contributed by atoms with Crippen molar-refractivity contribution in [1.82, 2.24) is 10.6 Å². The Labute approximate surface area is 147 Å². The highest BCUT2D eigenvalue weighted by molar-refractivity contribution is 5.79. The van der Waals surface area contributed by atoms with Crippen LogP contribution in [0.4, 0.5) is 13.2 Å². The lowest BCUT2D eigenvalue weighted by molar-refractivity contribution is -0.183. The van der Waals surface area contributed by atoms with Gasteiger partial charge in [-0.15, -0.1) is 0 Å². The van der Waals surface area contributed by atoms with Gasteiger partial charge in [-0.25, -0.2) is 0 Å². The van der Waals surface area contributed by atoms with E-state index in [0.29, 0.717) is 31.4 Å². The summed E-state index contributed by atoms with van der Waals surface area (Å²) in [6, 6.07) is -0.176. The maximum atomic E-state index is 12.9. The van der Waals surface area contributed by atoms with Crippen LogP contribution in [-0.4, -0.2) is 58.2 Å². The molecule has 3 atom stereocenters. The molecule has 8 heteroatoms. The van der Waals surface area contributed by atoms with Crippen LogP contribution in [-0.2, 0) is 9.47 Å². The minimum atomic E-state index is -4.10. The van der Waals surface area contributed by atoms with Gasteiger partial charge in [0.25, 0.3) is 0 Å². The van der Waals surface area contributed by atoms with Crippen molar-refractivity contribution < 1.29 is 22.6 Å². The summed E-state index contributed by atoms with van der Waals surface area (Å²) >= 11 is 0. The predicted octanol–water partition coefficient (Wildman–Crippen LogP) is 2.72. The van der Waals surface area contributed by atoms with E-state index in [1.54, 1.807) is 7.05 Å². The Kier molecular flexibility index (Phi) is 8.29. The summed E-state index contributed by atoms with van der Waals surface area (Å²) in [7, 11) is 1.63. The average molecular weight is 365 g/mol. The molecule has 3 unspecified atom stereocenters. The van der Waals surface area contributed by atoms with Crippen LogP contribution in [0.5, 0.6) is 0 Å². The molecule has 2 aliphatic rings. The molecule has 0 aromatic heterocycles. The van der Waals surface area contributed by atoms with E-state index in [1.165, 1.54) is 0 Å². The molecule has 0 amide bonds. The van der Waals surface area contributed by atoms with Gasteiger partial charge >= 0.3 is 6.18 Å². The molecule has 1 aliphatic carbocycles. The molecule has 1 saturated heterocycles. The number of halogens is 3. The summed E-state index contributed by atoms with van der Waals surface area (Å²) in [4.78, 5) is 4.11. The second-order valence-corrected chi connectivity index (χ2v) is 6.90. The summed E-state index contributed by atoms with van der Waals surface area (Å²) in [5.74, 6) is -0.128. The Morgan fingerprint density at radius 2 is 2.12 bits per heavy atom. The number of hydrogen-bond donors (Lipinski definition) is 2. The Hall–Kier alpha value is -1.02. The van der Waals surface area contributed by atoms with Crippen molar-refractivity contribution in [2.75, 3.05) is 40.0 Å². The molecule has 2 rings (SSSR count). The monoisotopic (exact) mass is 365 g/mol. The van der Waals surface area contributed by atoms with E-state index >= 15 is 0 Å². The van der Waals surface area contributed by atoms with Crippen LogP contribution in [0.25, 0.3) is 0 Å². The maximum absolute atomic E-state index is 12.9. The smallest absolute Gasteiger partial charge is 0.381 e. The third-order valence-corrected chi connectivity index (χ3v) is 4.84. The molecular formula is C17H30F3N3O2. The van der Waals surface area contributed by atoms with E-state index in [9.17, 15) is 13.2 Å². The van der Waals surface area contributed by atoms with Crippen molar-refractivity contribution in [1.29, 1.82) is 0 Å². The van der Waals surface area contributed by atoms with Crippen LogP contribution in [0.3, 0.4) is 0 Å². The van der Waals surface area contributed by atoms with Gasteiger partial charge in [-0.2, -0.15) is 13.2 Å². The second-order valence-electron chi connectivity index (χ2n) is 6.90. The fourth-order valence-corrected chi connectivity index (χ4v) is 3.35. The van der Waals surface area contributed by atoms with Crippen molar-refractivity contribution in [2.24, 2.45) is 16.8 Å². The van der Waals surface area contributed by atoms with Gasteiger partial charge in [0.2, 0.25) is 0 Å². The Bertz CT molecular complexity index is 412. The topological polar surface area (TPSA) is 54.9 Å². The van der Waals surface area contributed by atoms with Crippen LogP contribution < -0.4 is 10.6 Å². The first-order chi connectivity index (χ1) is 12.0. The van der Waals surface area contributed by atoms with Gasteiger partial charge in [0.05, 0.1) is 19.1 Å². The van der Waals surface area contributed by atoms with E-state index in [1.807, 2.05) is 0 Å². The first-order valence-electron chi connectivity index (χ1n) is 9.18. The van der Waals surface area contributed by atoms with Crippen molar-refractivity contribution in [3.05, 3.63) is 0 Å². The zero-order valence-corrected chi connectivity index (χ0v) is 14.9. The third-order valence-electron chi connectivity index (χ3n) is 4.84. The number of guanidine groups is 1. The van der Waals surface area contributed by atoms with Gasteiger partial charge in [-0.3, -0.25) is 4.99 Å². The lowest BCUT2D eigenvalue weighted by atomic mass is 9.85. The van der Waals surface area contributed by atoms with Crippen LogP contribution in [0.2, 0.25) is 0 Å². The molecule has 0 bridgehead atoms. The minimum Gasteiger partial charge on any atom is -0.381 e.